The fraction of sp³-hybridized carbons (Fsp3) is 0.583. The summed E-state index contributed by atoms with van der Waals surface area (Å²) in [4.78, 5) is 12.5. The average molecular weight is 397 g/mol. The molecule has 1 amide bonds. The van der Waals surface area contributed by atoms with Crippen LogP contribution in [0.25, 0.3) is 0 Å². The third-order valence-corrected chi connectivity index (χ3v) is 6.76. The minimum atomic E-state index is 0.133. The quantitative estimate of drug-likeness (QED) is 0.755. The summed E-state index contributed by atoms with van der Waals surface area (Å²) in [5.41, 5.74) is 2.86. The molecule has 0 spiro atoms. The zero-order chi connectivity index (χ0) is 20.2. The highest BCUT2D eigenvalue weighted by atomic mass is 16.5. The lowest BCUT2D eigenvalue weighted by Crippen LogP contribution is -2.42. The summed E-state index contributed by atoms with van der Waals surface area (Å²) in [6.07, 6.45) is 9.54. The van der Waals surface area contributed by atoms with Crippen LogP contribution in [0, 0.1) is 25.7 Å². The Hall–Kier alpha value is -2.30. The van der Waals surface area contributed by atoms with E-state index >= 15 is 0 Å². The maximum Gasteiger partial charge on any atom is 0.224 e. The fourth-order valence-corrected chi connectivity index (χ4v) is 5.04. The SMILES string of the molecule is Cc1noc(C)c1COc1ccc(CC(=O)N[C@@H]2CC[C@@H]3CCCC[C@H]3C2)cc1. The van der Waals surface area contributed by atoms with Crippen LogP contribution >= 0.6 is 0 Å². The normalized spacial score (nSPS) is 24.0. The number of aryl methyl sites for hydroxylation is 2. The Morgan fingerprint density at radius 2 is 1.86 bits per heavy atom. The van der Waals surface area contributed by atoms with E-state index < -0.39 is 0 Å². The largest absolute Gasteiger partial charge is 0.489 e. The molecule has 29 heavy (non-hydrogen) atoms. The number of nitrogens with zero attached hydrogens (tertiary/aromatic N) is 1. The molecule has 1 aromatic heterocycles. The molecular formula is C24H32N2O3. The van der Waals surface area contributed by atoms with Crippen LogP contribution in [0.15, 0.2) is 28.8 Å². The number of ether oxygens (including phenoxy) is 1. The molecule has 2 aromatic rings. The van der Waals surface area contributed by atoms with Crippen molar-refractivity contribution in [2.45, 2.75) is 77.9 Å². The number of nitrogens with one attached hydrogen (secondary N) is 1. The van der Waals surface area contributed by atoms with E-state index in [0.717, 1.165) is 46.6 Å². The van der Waals surface area contributed by atoms with Crippen molar-refractivity contribution < 1.29 is 14.1 Å². The van der Waals surface area contributed by atoms with E-state index in [9.17, 15) is 4.79 Å². The Labute approximate surface area is 173 Å². The summed E-state index contributed by atoms with van der Waals surface area (Å²) in [6, 6.07) is 8.15. The maximum atomic E-state index is 12.5. The molecule has 5 nitrogen and oxygen atoms in total. The molecule has 4 rings (SSSR count). The van der Waals surface area contributed by atoms with Crippen molar-refractivity contribution in [1.29, 1.82) is 0 Å². The summed E-state index contributed by atoms with van der Waals surface area (Å²) >= 11 is 0. The number of hydrogen-bond donors (Lipinski definition) is 1. The number of benzene rings is 1. The van der Waals surface area contributed by atoms with Crippen molar-refractivity contribution in [2.24, 2.45) is 11.8 Å². The van der Waals surface area contributed by atoms with Crippen LogP contribution in [0.5, 0.6) is 5.75 Å². The lowest BCUT2D eigenvalue weighted by Gasteiger charge is -2.39. The molecule has 1 heterocycles. The van der Waals surface area contributed by atoms with Crippen LogP contribution in [0.2, 0.25) is 0 Å². The Morgan fingerprint density at radius 3 is 2.59 bits per heavy atom. The average Bonchev–Trinajstić information content (AvgIpc) is 3.05. The zero-order valence-corrected chi connectivity index (χ0v) is 17.6. The van der Waals surface area contributed by atoms with Crippen LogP contribution in [-0.2, 0) is 17.8 Å². The van der Waals surface area contributed by atoms with Crippen LogP contribution < -0.4 is 10.1 Å². The predicted octanol–water partition coefficient (Wildman–Crippen LogP) is 4.89. The molecule has 0 bridgehead atoms. The van der Waals surface area contributed by atoms with Crippen molar-refractivity contribution in [3.8, 4) is 5.75 Å². The molecule has 3 atom stereocenters. The Bertz CT molecular complexity index is 808. The van der Waals surface area contributed by atoms with Gasteiger partial charge < -0.3 is 14.6 Å². The van der Waals surface area contributed by atoms with Crippen molar-refractivity contribution in [3.05, 3.63) is 46.8 Å². The topological polar surface area (TPSA) is 64.4 Å². The first-order chi connectivity index (χ1) is 14.1. The second kappa shape index (κ2) is 9.02. The zero-order valence-electron chi connectivity index (χ0n) is 17.6. The molecular weight excluding hydrogens is 364 g/mol. The fourth-order valence-electron chi connectivity index (χ4n) is 5.04. The first-order valence-electron chi connectivity index (χ1n) is 11.0. The highest BCUT2D eigenvalue weighted by Gasteiger charge is 2.32. The van der Waals surface area contributed by atoms with Crippen molar-refractivity contribution in [3.63, 3.8) is 0 Å². The van der Waals surface area contributed by atoms with Crippen LogP contribution in [0.1, 0.15) is 67.5 Å². The Kier molecular flexibility index (Phi) is 6.22. The molecule has 0 unspecified atom stereocenters. The number of rotatable bonds is 6. The van der Waals surface area contributed by atoms with Gasteiger partial charge in [-0.2, -0.15) is 0 Å². The monoisotopic (exact) mass is 396 g/mol. The first kappa shape index (κ1) is 20.0. The van der Waals surface area contributed by atoms with E-state index in [1.54, 1.807) is 0 Å². The van der Waals surface area contributed by atoms with Gasteiger partial charge in [0, 0.05) is 6.04 Å². The number of amides is 1. The van der Waals surface area contributed by atoms with Crippen molar-refractivity contribution in [1.82, 2.24) is 10.5 Å². The van der Waals surface area contributed by atoms with Gasteiger partial charge in [-0.05, 0) is 62.6 Å². The van der Waals surface area contributed by atoms with Gasteiger partial charge in [-0.1, -0.05) is 43.0 Å². The van der Waals surface area contributed by atoms with Gasteiger partial charge in [0.15, 0.2) is 0 Å². The Morgan fingerprint density at radius 1 is 1.10 bits per heavy atom. The summed E-state index contributed by atoms with van der Waals surface area (Å²) in [7, 11) is 0. The van der Waals surface area contributed by atoms with Crippen LogP contribution in [-0.4, -0.2) is 17.1 Å². The molecule has 2 fully saturated rings. The molecule has 2 aliphatic carbocycles. The molecule has 0 radical (unpaired) electrons. The van der Waals surface area contributed by atoms with Gasteiger partial charge in [-0.25, -0.2) is 0 Å². The van der Waals surface area contributed by atoms with Gasteiger partial charge in [-0.15, -0.1) is 0 Å². The first-order valence-corrected chi connectivity index (χ1v) is 11.0. The van der Waals surface area contributed by atoms with Gasteiger partial charge in [0.25, 0.3) is 0 Å². The second-order valence-electron chi connectivity index (χ2n) is 8.79. The molecule has 2 saturated carbocycles. The van der Waals surface area contributed by atoms with Crippen molar-refractivity contribution >= 4 is 5.91 Å². The van der Waals surface area contributed by atoms with E-state index in [1.807, 2.05) is 38.1 Å². The molecule has 0 aliphatic heterocycles. The minimum absolute atomic E-state index is 0.133. The van der Waals surface area contributed by atoms with Gasteiger partial charge in [0.1, 0.15) is 18.1 Å². The minimum Gasteiger partial charge on any atom is -0.489 e. The summed E-state index contributed by atoms with van der Waals surface area (Å²) in [6.45, 7) is 4.24. The van der Waals surface area contributed by atoms with Gasteiger partial charge >= 0.3 is 0 Å². The summed E-state index contributed by atoms with van der Waals surface area (Å²) in [5.74, 6) is 3.45. The smallest absolute Gasteiger partial charge is 0.224 e. The van der Waals surface area contributed by atoms with Gasteiger partial charge in [-0.3, -0.25) is 4.79 Å². The highest BCUT2D eigenvalue weighted by Crippen LogP contribution is 2.40. The van der Waals surface area contributed by atoms with Crippen LogP contribution in [0.4, 0.5) is 0 Å². The third-order valence-electron chi connectivity index (χ3n) is 6.76. The molecule has 1 aromatic carbocycles. The predicted molar refractivity (Wildman–Crippen MR) is 112 cm³/mol. The maximum absolute atomic E-state index is 12.5. The number of carbonyl (C=O) groups excluding carboxylic acids is 1. The van der Waals surface area contributed by atoms with E-state index in [1.165, 1.54) is 38.5 Å². The number of fused-ring (bicyclic) bond motifs is 1. The second-order valence-corrected chi connectivity index (χ2v) is 8.79. The lowest BCUT2D eigenvalue weighted by atomic mass is 9.69. The van der Waals surface area contributed by atoms with E-state index in [0.29, 0.717) is 19.1 Å². The number of hydrogen-bond acceptors (Lipinski definition) is 4. The van der Waals surface area contributed by atoms with E-state index in [2.05, 4.69) is 10.5 Å². The highest BCUT2D eigenvalue weighted by molar-refractivity contribution is 5.78. The standard InChI is InChI=1S/C24H32N2O3/c1-16-23(17(2)29-26-16)15-28-22-11-7-18(8-12-22)13-24(27)25-21-10-9-19-5-3-4-6-20(19)14-21/h7-8,11-12,19-21H,3-6,9-10,13-15H2,1-2H3,(H,25,27)/t19-,20-,21+/m0/s1. The van der Waals surface area contributed by atoms with Crippen molar-refractivity contribution in [2.75, 3.05) is 0 Å². The molecule has 1 N–H and O–H groups in total. The number of carbonyl (C=O) groups is 1. The number of aromatic nitrogens is 1. The molecule has 0 saturated heterocycles. The summed E-state index contributed by atoms with van der Waals surface area (Å²) < 4.78 is 11.0. The molecule has 156 valence electrons. The van der Waals surface area contributed by atoms with E-state index in [-0.39, 0.29) is 5.91 Å². The van der Waals surface area contributed by atoms with Gasteiger partial charge in [0.2, 0.25) is 5.91 Å². The molecule has 2 aliphatic rings. The third kappa shape index (κ3) is 5.01. The Balaban J connectivity index is 1.24. The lowest BCUT2D eigenvalue weighted by molar-refractivity contribution is -0.121. The summed E-state index contributed by atoms with van der Waals surface area (Å²) in [5, 5.41) is 7.23. The molecule has 5 heteroatoms. The van der Waals surface area contributed by atoms with Crippen LogP contribution in [0.3, 0.4) is 0 Å². The van der Waals surface area contributed by atoms with E-state index in [4.69, 9.17) is 9.26 Å². The van der Waals surface area contributed by atoms with Gasteiger partial charge in [0.05, 0.1) is 17.7 Å².